The highest BCUT2D eigenvalue weighted by Gasteiger charge is 2.23. The number of rotatable bonds is 5. The minimum atomic E-state index is -3.99. The minimum absolute atomic E-state index is 0.0751. The van der Waals surface area contributed by atoms with E-state index in [4.69, 9.17) is 9.84 Å². The molecule has 1 aromatic carbocycles. The van der Waals surface area contributed by atoms with Gasteiger partial charge in [0.1, 0.15) is 10.7 Å². The van der Waals surface area contributed by atoms with Crippen LogP contribution in [0.15, 0.2) is 23.1 Å². The Labute approximate surface area is 115 Å². The van der Waals surface area contributed by atoms with Gasteiger partial charge in [-0.05, 0) is 30.5 Å². The summed E-state index contributed by atoms with van der Waals surface area (Å²) in [5.74, 6) is -2.32. The smallest absolute Gasteiger partial charge is 0.335 e. The Kier molecular flexibility index (Phi) is 4.36. The van der Waals surface area contributed by atoms with Crippen LogP contribution in [0.1, 0.15) is 16.8 Å². The maximum Gasteiger partial charge on any atom is 0.335 e. The Morgan fingerprint density at radius 1 is 1.50 bits per heavy atom. The molecule has 0 radical (unpaired) electrons. The fourth-order valence-corrected chi connectivity index (χ4v) is 3.07. The predicted molar refractivity (Wildman–Crippen MR) is 67.5 cm³/mol. The van der Waals surface area contributed by atoms with E-state index in [0.29, 0.717) is 19.3 Å². The van der Waals surface area contributed by atoms with Crippen LogP contribution in [-0.4, -0.2) is 39.3 Å². The average molecular weight is 303 g/mol. The average Bonchev–Trinajstić information content (AvgIpc) is 2.89. The van der Waals surface area contributed by atoms with Crippen LogP contribution in [0.3, 0.4) is 0 Å². The van der Waals surface area contributed by atoms with Gasteiger partial charge in [0.15, 0.2) is 0 Å². The summed E-state index contributed by atoms with van der Waals surface area (Å²) in [4.78, 5) is 10.1. The molecule has 2 rings (SSSR count). The standard InChI is InChI=1S/C12H14FNO5S/c13-10-5-9(12(15)16)1-2-11(10)20(17,18)14-6-8-3-4-19-7-8/h1-2,5,8,14H,3-4,6-7H2,(H,15,16). The lowest BCUT2D eigenvalue weighted by Crippen LogP contribution is -2.30. The lowest BCUT2D eigenvalue weighted by atomic mass is 10.1. The molecule has 1 saturated heterocycles. The molecule has 8 heteroatoms. The van der Waals surface area contributed by atoms with E-state index in [-0.39, 0.29) is 18.0 Å². The Bertz CT molecular complexity index is 610. The van der Waals surface area contributed by atoms with Gasteiger partial charge in [0.05, 0.1) is 12.2 Å². The zero-order chi connectivity index (χ0) is 14.8. The molecule has 110 valence electrons. The van der Waals surface area contributed by atoms with Crippen molar-refractivity contribution in [3.8, 4) is 0 Å². The second-order valence-electron chi connectivity index (χ2n) is 4.53. The molecule has 1 aromatic rings. The molecule has 1 unspecified atom stereocenters. The second-order valence-corrected chi connectivity index (χ2v) is 6.27. The van der Waals surface area contributed by atoms with Gasteiger partial charge in [-0.1, -0.05) is 0 Å². The summed E-state index contributed by atoms with van der Waals surface area (Å²) in [6.07, 6.45) is 0.753. The van der Waals surface area contributed by atoms with E-state index in [1.165, 1.54) is 0 Å². The number of hydrogen-bond acceptors (Lipinski definition) is 4. The van der Waals surface area contributed by atoms with Gasteiger partial charge in [-0.2, -0.15) is 0 Å². The molecule has 1 fully saturated rings. The highest BCUT2D eigenvalue weighted by Crippen LogP contribution is 2.17. The van der Waals surface area contributed by atoms with Gasteiger partial charge in [0.2, 0.25) is 10.0 Å². The number of carboxylic acids is 1. The Morgan fingerprint density at radius 2 is 2.25 bits per heavy atom. The molecule has 0 saturated carbocycles. The van der Waals surface area contributed by atoms with E-state index < -0.39 is 26.7 Å². The van der Waals surface area contributed by atoms with Crippen LogP contribution in [0.25, 0.3) is 0 Å². The molecule has 1 aliphatic heterocycles. The van der Waals surface area contributed by atoms with Crippen molar-refractivity contribution in [1.82, 2.24) is 4.72 Å². The molecule has 0 bridgehead atoms. The summed E-state index contributed by atoms with van der Waals surface area (Å²) in [6, 6.07) is 2.69. The maximum absolute atomic E-state index is 13.7. The van der Waals surface area contributed by atoms with E-state index in [1.54, 1.807) is 0 Å². The summed E-state index contributed by atoms with van der Waals surface area (Å²) in [7, 11) is -3.99. The molecular formula is C12H14FNO5S. The molecule has 6 nitrogen and oxygen atoms in total. The minimum Gasteiger partial charge on any atom is -0.478 e. The van der Waals surface area contributed by atoms with Crippen LogP contribution in [0.5, 0.6) is 0 Å². The maximum atomic E-state index is 13.7. The van der Waals surface area contributed by atoms with Gasteiger partial charge in [-0.25, -0.2) is 22.3 Å². The van der Waals surface area contributed by atoms with Crippen molar-refractivity contribution in [3.63, 3.8) is 0 Å². The first-order valence-corrected chi connectivity index (χ1v) is 7.49. The zero-order valence-electron chi connectivity index (χ0n) is 10.5. The van der Waals surface area contributed by atoms with Gasteiger partial charge < -0.3 is 9.84 Å². The van der Waals surface area contributed by atoms with Crippen LogP contribution in [-0.2, 0) is 14.8 Å². The molecule has 0 aliphatic carbocycles. The highest BCUT2D eigenvalue weighted by molar-refractivity contribution is 7.89. The number of benzene rings is 1. The molecule has 0 amide bonds. The predicted octanol–water partition coefficient (Wildman–Crippen LogP) is 0.839. The van der Waals surface area contributed by atoms with Crippen molar-refractivity contribution >= 4 is 16.0 Å². The van der Waals surface area contributed by atoms with Crippen molar-refractivity contribution in [2.24, 2.45) is 5.92 Å². The Morgan fingerprint density at radius 3 is 2.80 bits per heavy atom. The monoisotopic (exact) mass is 303 g/mol. The van der Waals surface area contributed by atoms with E-state index in [1.807, 2.05) is 0 Å². The third kappa shape index (κ3) is 3.33. The fourth-order valence-electron chi connectivity index (χ4n) is 1.90. The van der Waals surface area contributed by atoms with Crippen molar-refractivity contribution in [1.29, 1.82) is 0 Å². The molecule has 0 spiro atoms. The number of ether oxygens (including phenoxy) is 1. The summed E-state index contributed by atoms with van der Waals surface area (Å²) < 4.78 is 45.0. The SMILES string of the molecule is O=C(O)c1ccc(S(=O)(=O)NCC2CCOC2)c(F)c1. The molecule has 0 aromatic heterocycles. The number of sulfonamides is 1. The lowest BCUT2D eigenvalue weighted by Gasteiger charge is -2.11. The summed E-state index contributed by atoms with van der Waals surface area (Å²) in [5, 5.41) is 8.70. The largest absolute Gasteiger partial charge is 0.478 e. The van der Waals surface area contributed by atoms with E-state index >= 15 is 0 Å². The van der Waals surface area contributed by atoms with Gasteiger partial charge in [0, 0.05) is 13.2 Å². The molecule has 20 heavy (non-hydrogen) atoms. The van der Waals surface area contributed by atoms with Crippen molar-refractivity contribution in [3.05, 3.63) is 29.6 Å². The third-order valence-electron chi connectivity index (χ3n) is 3.05. The fraction of sp³-hybridized carbons (Fsp3) is 0.417. The van der Waals surface area contributed by atoms with Crippen molar-refractivity contribution < 1.29 is 27.4 Å². The van der Waals surface area contributed by atoms with Crippen LogP contribution < -0.4 is 4.72 Å². The molecule has 1 aliphatic rings. The van der Waals surface area contributed by atoms with E-state index in [9.17, 15) is 17.6 Å². The number of aromatic carboxylic acids is 1. The normalized spacial score (nSPS) is 19.1. The molecule has 1 atom stereocenters. The van der Waals surface area contributed by atoms with Gasteiger partial charge >= 0.3 is 5.97 Å². The van der Waals surface area contributed by atoms with Crippen molar-refractivity contribution in [2.75, 3.05) is 19.8 Å². The first-order chi connectivity index (χ1) is 9.40. The third-order valence-corrected chi connectivity index (χ3v) is 4.51. The zero-order valence-corrected chi connectivity index (χ0v) is 11.3. The highest BCUT2D eigenvalue weighted by atomic mass is 32.2. The number of carbonyl (C=O) groups is 1. The van der Waals surface area contributed by atoms with Crippen LogP contribution in [0.2, 0.25) is 0 Å². The molecule has 2 N–H and O–H groups in total. The number of carboxylic acid groups (broad SMARTS) is 1. The van der Waals surface area contributed by atoms with Crippen LogP contribution in [0.4, 0.5) is 4.39 Å². The van der Waals surface area contributed by atoms with E-state index in [0.717, 1.165) is 18.6 Å². The Balaban J connectivity index is 2.14. The Hall–Kier alpha value is -1.51. The van der Waals surface area contributed by atoms with Gasteiger partial charge in [-0.3, -0.25) is 0 Å². The molecular weight excluding hydrogens is 289 g/mol. The molecule has 1 heterocycles. The number of hydrogen-bond donors (Lipinski definition) is 2. The summed E-state index contributed by atoms with van der Waals surface area (Å²) >= 11 is 0. The quantitative estimate of drug-likeness (QED) is 0.841. The number of halogens is 1. The summed E-state index contributed by atoms with van der Waals surface area (Å²) in [6.45, 7) is 1.24. The number of nitrogens with one attached hydrogen (secondary N) is 1. The van der Waals surface area contributed by atoms with Crippen LogP contribution >= 0.6 is 0 Å². The second kappa shape index (κ2) is 5.86. The van der Waals surface area contributed by atoms with Gasteiger partial charge in [0.25, 0.3) is 0 Å². The first-order valence-electron chi connectivity index (χ1n) is 6.00. The lowest BCUT2D eigenvalue weighted by molar-refractivity contribution is 0.0696. The van der Waals surface area contributed by atoms with Crippen LogP contribution in [0, 0.1) is 11.7 Å². The van der Waals surface area contributed by atoms with E-state index in [2.05, 4.69) is 4.72 Å². The topological polar surface area (TPSA) is 92.7 Å². The van der Waals surface area contributed by atoms with Crippen molar-refractivity contribution in [2.45, 2.75) is 11.3 Å². The first kappa shape index (κ1) is 14.9. The summed E-state index contributed by atoms with van der Waals surface area (Å²) in [5.41, 5.74) is -0.300. The van der Waals surface area contributed by atoms with Gasteiger partial charge in [-0.15, -0.1) is 0 Å².